The summed E-state index contributed by atoms with van der Waals surface area (Å²) >= 11 is 0. The van der Waals surface area contributed by atoms with Crippen LogP contribution in [-0.4, -0.2) is 55.9 Å². The van der Waals surface area contributed by atoms with Gasteiger partial charge in [-0.1, -0.05) is 0 Å². The van der Waals surface area contributed by atoms with Crippen molar-refractivity contribution in [1.29, 1.82) is 0 Å². The molecule has 0 unspecified atom stereocenters. The van der Waals surface area contributed by atoms with Gasteiger partial charge in [0.15, 0.2) is 0 Å². The van der Waals surface area contributed by atoms with Gasteiger partial charge in [-0.3, -0.25) is 9.80 Å². The van der Waals surface area contributed by atoms with Crippen LogP contribution < -0.4 is 0 Å². The normalized spacial score (nSPS) is 12.0. The molecule has 0 aromatic carbocycles. The van der Waals surface area contributed by atoms with Gasteiger partial charge in [0.2, 0.25) is 0 Å². The summed E-state index contributed by atoms with van der Waals surface area (Å²) in [7, 11) is 8.06. The van der Waals surface area contributed by atoms with Gasteiger partial charge in [-0.05, 0) is 34.6 Å². The molecule has 0 rings (SSSR count). The minimum Gasteiger partial charge on any atom is -0.396 e. The lowest BCUT2D eigenvalue weighted by Crippen LogP contribution is -2.41. The second-order valence-corrected chi connectivity index (χ2v) is 2.92. The topological polar surface area (TPSA) is 26.7 Å². The molecule has 62 valence electrons. The molecule has 0 bridgehead atoms. The van der Waals surface area contributed by atoms with E-state index in [1.165, 1.54) is 0 Å². The predicted octanol–water partition coefficient (Wildman–Crippen LogP) is -0.182. The molecule has 0 heterocycles. The van der Waals surface area contributed by atoms with Gasteiger partial charge < -0.3 is 5.11 Å². The van der Waals surface area contributed by atoms with Crippen LogP contribution in [0.4, 0.5) is 0 Å². The lowest BCUT2D eigenvalue weighted by Gasteiger charge is -2.29. The third-order valence-electron chi connectivity index (χ3n) is 1.58. The summed E-state index contributed by atoms with van der Waals surface area (Å²) in [5, 5.41) is 8.68. The van der Waals surface area contributed by atoms with Gasteiger partial charge in [-0.15, -0.1) is 0 Å². The van der Waals surface area contributed by atoms with Crippen LogP contribution in [0.5, 0.6) is 0 Å². The average molecular weight is 146 g/mol. The van der Waals surface area contributed by atoms with Gasteiger partial charge >= 0.3 is 0 Å². The summed E-state index contributed by atoms with van der Waals surface area (Å²) in [5.41, 5.74) is 0. The van der Waals surface area contributed by atoms with Crippen LogP contribution in [0.3, 0.4) is 0 Å². The second-order valence-electron chi connectivity index (χ2n) is 2.92. The fourth-order valence-electron chi connectivity index (χ4n) is 1.09. The smallest absolute Gasteiger partial charge is 0.0634 e. The molecule has 3 nitrogen and oxygen atoms in total. The van der Waals surface area contributed by atoms with E-state index in [2.05, 4.69) is 9.80 Å². The van der Waals surface area contributed by atoms with Crippen molar-refractivity contribution in [3.05, 3.63) is 0 Å². The predicted molar refractivity (Wildman–Crippen MR) is 42.9 cm³/mol. The molecule has 0 fully saturated rings. The Morgan fingerprint density at radius 3 is 1.60 bits per heavy atom. The number of hydrogen-bond donors (Lipinski definition) is 1. The fourth-order valence-corrected chi connectivity index (χ4v) is 1.09. The van der Waals surface area contributed by atoms with Crippen LogP contribution in [-0.2, 0) is 0 Å². The molecule has 0 atom stereocenters. The van der Waals surface area contributed by atoms with Crippen molar-refractivity contribution in [2.45, 2.75) is 12.6 Å². The summed E-state index contributed by atoms with van der Waals surface area (Å²) in [5.74, 6) is 0. The third-order valence-corrected chi connectivity index (χ3v) is 1.58. The Hall–Kier alpha value is -0.120. The largest absolute Gasteiger partial charge is 0.396 e. The molecule has 0 aromatic heterocycles. The van der Waals surface area contributed by atoms with E-state index in [0.29, 0.717) is 6.17 Å². The molecule has 0 radical (unpaired) electrons. The monoisotopic (exact) mass is 146 g/mol. The quantitative estimate of drug-likeness (QED) is 0.557. The Balaban J connectivity index is 3.73. The summed E-state index contributed by atoms with van der Waals surface area (Å²) in [6.45, 7) is 0.251. The van der Waals surface area contributed by atoms with Crippen molar-refractivity contribution in [3.8, 4) is 0 Å². The van der Waals surface area contributed by atoms with Gasteiger partial charge in [0.05, 0.1) is 6.17 Å². The molecule has 1 N–H and O–H groups in total. The molecule has 0 spiro atoms. The van der Waals surface area contributed by atoms with Crippen LogP contribution in [0.25, 0.3) is 0 Å². The molecule has 10 heavy (non-hydrogen) atoms. The van der Waals surface area contributed by atoms with Gasteiger partial charge in [-0.25, -0.2) is 0 Å². The standard InChI is InChI=1S/C7H18N2O/c1-8(2)7(5-6-10)9(3)4/h7,10H,5-6H2,1-4H3. The Morgan fingerprint density at radius 1 is 1.10 bits per heavy atom. The number of rotatable bonds is 4. The van der Waals surface area contributed by atoms with Crippen molar-refractivity contribution in [2.75, 3.05) is 34.8 Å². The lowest BCUT2D eigenvalue weighted by molar-refractivity contribution is 0.0973. The molecule has 0 aromatic rings. The Kier molecular flexibility index (Phi) is 4.60. The Morgan fingerprint density at radius 2 is 1.50 bits per heavy atom. The maximum atomic E-state index is 8.68. The van der Waals surface area contributed by atoms with E-state index >= 15 is 0 Å². The molecule has 0 saturated carbocycles. The molecule has 0 aliphatic carbocycles. The Labute approximate surface area is 63.2 Å². The van der Waals surface area contributed by atoms with E-state index in [9.17, 15) is 0 Å². The number of aliphatic hydroxyl groups excluding tert-OH is 1. The van der Waals surface area contributed by atoms with Crippen LogP contribution in [0.15, 0.2) is 0 Å². The summed E-state index contributed by atoms with van der Waals surface area (Å²) < 4.78 is 0. The molecule has 0 saturated heterocycles. The first-order valence-electron chi connectivity index (χ1n) is 3.53. The number of aliphatic hydroxyl groups is 1. The van der Waals surface area contributed by atoms with Crippen molar-refractivity contribution in [2.24, 2.45) is 0 Å². The minimum absolute atomic E-state index is 0.251. The number of hydrogen-bond acceptors (Lipinski definition) is 3. The SMILES string of the molecule is CN(C)C(CCO)N(C)C. The van der Waals surface area contributed by atoms with E-state index in [1.807, 2.05) is 28.2 Å². The van der Waals surface area contributed by atoms with Gasteiger partial charge in [0, 0.05) is 6.61 Å². The zero-order valence-electron chi connectivity index (χ0n) is 7.33. The first-order valence-corrected chi connectivity index (χ1v) is 3.53. The molecule has 0 amide bonds. The highest BCUT2D eigenvalue weighted by molar-refractivity contribution is 4.61. The van der Waals surface area contributed by atoms with Gasteiger partial charge in [0.25, 0.3) is 0 Å². The van der Waals surface area contributed by atoms with Crippen LogP contribution in [0.1, 0.15) is 6.42 Å². The maximum absolute atomic E-state index is 8.68. The molecule has 0 aliphatic heterocycles. The fraction of sp³-hybridized carbons (Fsp3) is 1.00. The van der Waals surface area contributed by atoms with Crippen molar-refractivity contribution in [1.82, 2.24) is 9.80 Å². The van der Waals surface area contributed by atoms with E-state index in [1.54, 1.807) is 0 Å². The summed E-state index contributed by atoms with van der Waals surface area (Å²) in [6, 6.07) is 0. The molecular weight excluding hydrogens is 128 g/mol. The first-order chi connectivity index (χ1) is 4.59. The van der Waals surface area contributed by atoms with E-state index in [0.717, 1.165) is 6.42 Å². The van der Waals surface area contributed by atoms with Crippen LogP contribution in [0, 0.1) is 0 Å². The zero-order chi connectivity index (χ0) is 8.15. The third kappa shape index (κ3) is 3.15. The highest BCUT2D eigenvalue weighted by Gasteiger charge is 2.11. The van der Waals surface area contributed by atoms with Crippen LogP contribution >= 0.6 is 0 Å². The van der Waals surface area contributed by atoms with Gasteiger partial charge in [0.1, 0.15) is 0 Å². The van der Waals surface area contributed by atoms with E-state index < -0.39 is 0 Å². The first kappa shape index (κ1) is 9.88. The molecule has 0 aliphatic rings. The van der Waals surface area contributed by atoms with Crippen molar-refractivity contribution in [3.63, 3.8) is 0 Å². The number of nitrogens with zero attached hydrogens (tertiary/aromatic N) is 2. The van der Waals surface area contributed by atoms with E-state index in [4.69, 9.17) is 5.11 Å². The zero-order valence-corrected chi connectivity index (χ0v) is 7.33. The second kappa shape index (κ2) is 4.66. The summed E-state index contributed by atoms with van der Waals surface area (Å²) in [4.78, 5) is 4.19. The minimum atomic E-state index is 0.251. The van der Waals surface area contributed by atoms with Crippen molar-refractivity contribution < 1.29 is 5.11 Å². The average Bonchev–Trinajstić information content (AvgIpc) is 1.81. The van der Waals surface area contributed by atoms with E-state index in [-0.39, 0.29) is 6.61 Å². The lowest BCUT2D eigenvalue weighted by atomic mass is 10.3. The molecule has 3 heteroatoms. The highest BCUT2D eigenvalue weighted by atomic mass is 16.3. The summed E-state index contributed by atoms with van der Waals surface area (Å²) in [6.07, 6.45) is 1.16. The van der Waals surface area contributed by atoms with Crippen LogP contribution in [0.2, 0.25) is 0 Å². The van der Waals surface area contributed by atoms with Gasteiger partial charge in [-0.2, -0.15) is 0 Å². The molecular formula is C7H18N2O. The maximum Gasteiger partial charge on any atom is 0.0634 e. The highest BCUT2D eigenvalue weighted by Crippen LogP contribution is 2.00. The Bertz CT molecular complexity index is 75.7. The van der Waals surface area contributed by atoms with Crippen molar-refractivity contribution >= 4 is 0 Å².